The third-order valence-corrected chi connectivity index (χ3v) is 2.29. The molecule has 0 aromatic rings. The highest BCUT2D eigenvalue weighted by Gasteiger charge is 2.26. The summed E-state index contributed by atoms with van der Waals surface area (Å²) in [5.74, 6) is 0.550. The van der Waals surface area contributed by atoms with E-state index < -0.39 is 0 Å². The average molecular weight is 156 g/mol. The maximum Gasteiger partial charge on any atom is 0.306 e. The smallest absolute Gasteiger partial charge is 0.306 e. The molecule has 1 heterocycles. The Morgan fingerprint density at radius 1 is 1.64 bits per heavy atom. The van der Waals surface area contributed by atoms with E-state index in [1.807, 2.05) is 0 Å². The number of esters is 1. The lowest BCUT2D eigenvalue weighted by atomic mass is 9.93. The van der Waals surface area contributed by atoms with E-state index in [1.165, 1.54) is 0 Å². The van der Waals surface area contributed by atoms with Crippen molar-refractivity contribution in [1.29, 1.82) is 0 Å². The van der Waals surface area contributed by atoms with E-state index in [2.05, 4.69) is 13.8 Å². The fraction of sp³-hybridized carbons (Fsp3) is 0.889. The molecule has 1 fully saturated rings. The first-order valence-electron chi connectivity index (χ1n) is 4.43. The lowest BCUT2D eigenvalue weighted by Gasteiger charge is -2.28. The molecule has 2 atom stereocenters. The zero-order valence-electron chi connectivity index (χ0n) is 7.30. The summed E-state index contributed by atoms with van der Waals surface area (Å²) >= 11 is 0. The second kappa shape index (κ2) is 3.74. The van der Waals surface area contributed by atoms with E-state index in [1.54, 1.807) is 0 Å². The molecule has 1 aliphatic rings. The van der Waals surface area contributed by atoms with Gasteiger partial charge in [0.05, 0.1) is 0 Å². The van der Waals surface area contributed by atoms with Gasteiger partial charge < -0.3 is 4.74 Å². The zero-order chi connectivity index (χ0) is 8.27. The van der Waals surface area contributed by atoms with Gasteiger partial charge in [-0.05, 0) is 18.8 Å². The molecule has 0 aromatic heterocycles. The molecule has 1 aliphatic heterocycles. The molecule has 0 N–H and O–H groups in total. The number of rotatable bonds is 2. The van der Waals surface area contributed by atoms with Crippen molar-refractivity contribution in [2.75, 3.05) is 0 Å². The molecule has 0 aromatic carbocycles. The van der Waals surface area contributed by atoms with Crippen LogP contribution in [0.3, 0.4) is 0 Å². The Bertz CT molecular complexity index is 142. The first-order valence-corrected chi connectivity index (χ1v) is 4.43. The first-order chi connectivity index (χ1) is 5.24. The van der Waals surface area contributed by atoms with Crippen molar-refractivity contribution in [3.63, 3.8) is 0 Å². The van der Waals surface area contributed by atoms with E-state index in [0.717, 1.165) is 19.3 Å². The Morgan fingerprint density at radius 2 is 2.36 bits per heavy atom. The minimum atomic E-state index is -0.0125. The van der Waals surface area contributed by atoms with Crippen LogP contribution in [0.1, 0.15) is 39.5 Å². The van der Waals surface area contributed by atoms with Gasteiger partial charge in [-0.3, -0.25) is 4.79 Å². The van der Waals surface area contributed by atoms with Crippen LogP contribution in [0, 0.1) is 5.92 Å². The van der Waals surface area contributed by atoms with Crippen molar-refractivity contribution >= 4 is 5.97 Å². The van der Waals surface area contributed by atoms with Crippen molar-refractivity contribution in [3.05, 3.63) is 0 Å². The molecule has 0 spiro atoms. The summed E-state index contributed by atoms with van der Waals surface area (Å²) in [5.41, 5.74) is 0. The van der Waals surface area contributed by atoms with Crippen LogP contribution in [0.15, 0.2) is 0 Å². The molecule has 11 heavy (non-hydrogen) atoms. The van der Waals surface area contributed by atoms with E-state index in [-0.39, 0.29) is 12.1 Å². The summed E-state index contributed by atoms with van der Waals surface area (Å²) in [5, 5.41) is 0. The summed E-state index contributed by atoms with van der Waals surface area (Å²) in [6, 6.07) is 0. The van der Waals surface area contributed by atoms with Gasteiger partial charge in [0, 0.05) is 6.42 Å². The van der Waals surface area contributed by atoms with Gasteiger partial charge in [-0.2, -0.15) is 0 Å². The SMILES string of the molecule is CCC[C@H]1OC(=O)CC[C@H]1C. The van der Waals surface area contributed by atoms with Gasteiger partial charge in [-0.15, -0.1) is 0 Å². The van der Waals surface area contributed by atoms with Crippen LogP contribution in [-0.4, -0.2) is 12.1 Å². The van der Waals surface area contributed by atoms with Gasteiger partial charge in [-0.25, -0.2) is 0 Å². The molecule has 0 unspecified atom stereocenters. The molecular formula is C9H16O2. The Kier molecular flexibility index (Phi) is 2.92. The summed E-state index contributed by atoms with van der Waals surface area (Å²) in [4.78, 5) is 10.9. The molecular weight excluding hydrogens is 140 g/mol. The fourth-order valence-corrected chi connectivity index (χ4v) is 1.50. The molecule has 0 aliphatic carbocycles. The number of hydrogen-bond donors (Lipinski definition) is 0. The predicted molar refractivity (Wildman–Crippen MR) is 43.2 cm³/mol. The molecule has 2 heteroatoms. The number of ether oxygens (including phenoxy) is 1. The lowest BCUT2D eigenvalue weighted by molar-refractivity contribution is -0.158. The van der Waals surface area contributed by atoms with Gasteiger partial charge in [0.2, 0.25) is 0 Å². The quantitative estimate of drug-likeness (QED) is 0.572. The van der Waals surface area contributed by atoms with Crippen molar-refractivity contribution in [2.24, 2.45) is 5.92 Å². The van der Waals surface area contributed by atoms with Crippen LogP contribution in [-0.2, 0) is 9.53 Å². The molecule has 0 saturated carbocycles. The lowest BCUT2D eigenvalue weighted by Crippen LogP contribution is -2.30. The highest BCUT2D eigenvalue weighted by atomic mass is 16.5. The van der Waals surface area contributed by atoms with E-state index in [4.69, 9.17) is 4.74 Å². The van der Waals surface area contributed by atoms with Crippen molar-refractivity contribution in [1.82, 2.24) is 0 Å². The normalized spacial score (nSPS) is 31.6. The van der Waals surface area contributed by atoms with Crippen LogP contribution in [0.25, 0.3) is 0 Å². The fourth-order valence-electron chi connectivity index (χ4n) is 1.50. The monoisotopic (exact) mass is 156 g/mol. The van der Waals surface area contributed by atoms with Crippen molar-refractivity contribution in [3.8, 4) is 0 Å². The third-order valence-electron chi connectivity index (χ3n) is 2.29. The number of hydrogen-bond acceptors (Lipinski definition) is 2. The molecule has 0 bridgehead atoms. The second-order valence-corrected chi connectivity index (χ2v) is 3.33. The Morgan fingerprint density at radius 3 is 3.00 bits per heavy atom. The topological polar surface area (TPSA) is 26.3 Å². The molecule has 0 radical (unpaired) electrons. The van der Waals surface area contributed by atoms with Gasteiger partial charge in [0.15, 0.2) is 0 Å². The highest BCUT2D eigenvalue weighted by Crippen LogP contribution is 2.23. The maximum absolute atomic E-state index is 10.9. The zero-order valence-corrected chi connectivity index (χ0v) is 7.30. The van der Waals surface area contributed by atoms with Crippen LogP contribution < -0.4 is 0 Å². The van der Waals surface area contributed by atoms with E-state index >= 15 is 0 Å². The van der Waals surface area contributed by atoms with Gasteiger partial charge in [0.1, 0.15) is 6.10 Å². The van der Waals surface area contributed by atoms with Crippen LogP contribution in [0.5, 0.6) is 0 Å². The maximum atomic E-state index is 10.9. The van der Waals surface area contributed by atoms with Crippen molar-refractivity contribution in [2.45, 2.75) is 45.6 Å². The Balaban J connectivity index is 2.40. The summed E-state index contributed by atoms with van der Waals surface area (Å²) in [6.07, 6.45) is 3.93. The predicted octanol–water partition coefficient (Wildman–Crippen LogP) is 2.13. The van der Waals surface area contributed by atoms with Gasteiger partial charge >= 0.3 is 5.97 Å². The molecule has 1 rings (SSSR count). The van der Waals surface area contributed by atoms with Crippen molar-refractivity contribution < 1.29 is 9.53 Å². The highest BCUT2D eigenvalue weighted by molar-refractivity contribution is 5.70. The molecule has 64 valence electrons. The largest absolute Gasteiger partial charge is 0.462 e. The number of carbonyl (C=O) groups is 1. The molecule has 0 amide bonds. The minimum absolute atomic E-state index is 0.0125. The minimum Gasteiger partial charge on any atom is -0.462 e. The van der Waals surface area contributed by atoms with E-state index in [0.29, 0.717) is 12.3 Å². The Labute approximate surface area is 67.9 Å². The van der Waals surface area contributed by atoms with Crippen LogP contribution in [0.2, 0.25) is 0 Å². The number of cyclic esters (lactones) is 1. The number of carbonyl (C=O) groups excluding carboxylic acids is 1. The summed E-state index contributed by atoms with van der Waals surface area (Å²) in [7, 11) is 0. The summed E-state index contributed by atoms with van der Waals surface area (Å²) in [6.45, 7) is 4.28. The van der Waals surface area contributed by atoms with Gasteiger partial charge in [0.25, 0.3) is 0 Å². The standard InChI is InChI=1S/C9H16O2/c1-3-4-8-7(2)5-6-9(10)11-8/h7-8H,3-6H2,1-2H3/t7-,8-/m1/s1. The van der Waals surface area contributed by atoms with Crippen LogP contribution >= 0.6 is 0 Å². The summed E-state index contributed by atoms with van der Waals surface area (Å²) < 4.78 is 5.20. The van der Waals surface area contributed by atoms with Gasteiger partial charge in [-0.1, -0.05) is 20.3 Å². The molecule has 1 saturated heterocycles. The average Bonchev–Trinajstić information content (AvgIpc) is 1.98. The van der Waals surface area contributed by atoms with E-state index in [9.17, 15) is 4.79 Å². The first kappa shape index (κ1) is 8.57. The van der Waals surface area contributed by atoms with Crippen LogP contribution in [0.4, 0.5) is 0 Å². The Hall–Kier alpha value is -0.530. The second-order valence-electron chi connectivity index (χ2n) is 3.33. The molecule has 2 nitrogen and oxygen atoms in total. The third kappa shape index (κ3) is 2.21.